The average Bonchev–Trinajstić information content (AvgIpc) is 3.08. The molecule has 1 aliphatic carbocycles. The molecule has 2 aliphatic heterocycles. The number of ether oxygens (including phenoxy) is 2. The van der Waals surface area contributed by atoms with Gasteiger partial charge in [-0.15, -0.1) is 0 Å². The van der Waals surface area contributed by atoms with Crippen LogP contribution in [0.1, 0.15) is 59.2 Å². The van der Waals surface area contributed by atoms with Gasteiger partial charge in [-0.1, -0.05) is 18.2 Å². The maximum absolute atomic E-state index is 13.1. The minimum Gasteiger partial charge on any atom is -0.545 e. The highest BCUT2D eigenvalue weighted by atomic mass is 16.6. The van der Waals surface area contributed by atoms with E-state index in [4.69, 9.17) is 13.9 Å². The molecule has 1 atom stereocenters. The van der Waals surface area contributed by atoms with Gasteiger partial charge in [-0.25, -0.2) is 9.37 Å². The molecule has 0 saturated heterocycles. The minimum atomic E-state index is -1.38. The van der Waals surface area contributed by atoms with Gasteiger partial charge in [0.1, 0.15) is 32.0 Å². The number of hydrogen-bond donors (Lipinski definition) is 2. The van der Waals surface area contributed by atoms with Crippen molar-refractivity contribution in [3.8, 4) is 22.5 Å². The first-order chi connectivity index (χ1) is 24.1. The molecule has 2 amide bonds. The largest absolute Gasteiger partial charge is 0.545 e. The molecular formula is C39H46N4O7. The van der Waals surface area contributed by atoms with Gasteiger partial charge in [0.25, 0.3) is 5.91 Å². The minimum absolute atomic E-state index is 0.0873. The number of amides is 2. The van der Waals surface area contributed by atoms with E-state index in [9.17, 15) is 19.5 Å². The summed E-state index contributed by atoms with van der Waals surface area (Å²) in [5, 5.41) is 19.9. The fourth-order valence-electron chi connectivity index (χ4n) is 5.96. The van der Waals surface area contributed by atoms with E-state index in [-0.39, 0.29) is 29.7 Å². The van der Waals surface area contributed by atoms with E-state index in [1.807, 2.05) is 74.1 Å². The van der Waals surface area contributed by atoms with Crippen molar-refractivity contribution < 1.29 is 33.4 Å². The summed E-state index contributed by atoms with van der Waals surface area (Å²) < 4.78 is 19.4. The van der Waals surface area contributed by atoms with Crippen LogP contribution in [-0.2, 0) is 9.47 Å². The first kappa shape index (κ1) is 36.1. The predicted octanol–water partition coefficient (Wildman–Crippen LogP) is 4.42. The van der Waals surface area contributed by atoms with Crippen LogP contribution in [0.3, 0.4) is 0 Å². The Morgan fingerprint density at radius 1 is 0.920 bits per heavy atom. The SMILES string of the molecule is CN(C)c1ccc2c(-c3ccc(C(=O)NCCCCCNC(=O)OC[C@@H]4CC/C=C/CCO4)cc3C(=O)[O-])c3ccc(=[N+](C)C)cc-3oc2c1. The van der Waals surface area contributed by atoms with E-state index >= 15 is 0 Å². The zero-order valence-electron chi connectivity index (χ0n) is 29.3. The Bertz CT molecular complexity index is 1910. The van der Waals surface area contributed by atoms with Crippen molar-refractivity contribution in [2.75, 3.05) is 59.4 Å². The predicted molar refractivity (Wildman–Crippen MR) is 192 cm³/mol. The van der Waals surface area contributed by atoms with E-state index < -0.39 is 12.1 Å². The molecule has 264 valence electrons. The number of aromatic carboxylic acids is 1. The summed E-state index contributed by atoms with van der Waals surface area (Å²) in [6, 6.07) is 16.3. The van der Waals surface area contributed by atoms with Gasteiger partial charge in [-0.2, -0.15) is 0 Å². The van der Waals surface area contributed by atoms with Gasteiger partial charge in [0.15, 0.2) is 0 Å². The van der Waals surface area contributed by atoms with Crippen molar-refractivity contribution in [3.05, 3.63) is 83.2 Å². The highest BCUT2D eigenvalue weighted by Gasteiger charge is 2.22. The van der Waals surface area contributed by atoms with Crippen LogP contribution in [0.5, 0.6) is 0 Å². The number of allylic oxidation sites excluding steroid dienone is 1. The highest BCUT2D eigenvalue weighted by molar-refractivity contribution is 6.09. The van der Waals surface area contributed by atoms with Crippen LogP contribution in [-0.4, -0.2) is 78.6 Å². The van der Waals surface area contributed by atoms with Crippen LogP contribution in [0.2, 0.25) is 0 Å². The summed E-state index contributed by atoms with van der Waals surface area (Å²) in [7, 11) is 7.76. The molecule has 0 spiro atoms. The number of hydrogen-bond acceptors (Lipinski definition) is 8. The molecule has 0 radical (unpaired) electrons. The number of unbranched alkanes of at least 4 members (excludes halogenated alkanes) is 2. The summed E-state index contributed by atoms with van der Waals surface area (Å²) in [5.41, 5.74) is 3.53. The number of alkyl carbamates (subject to hydrolysis) is 1. The lowest BCUT2D eigenvalue weighted by Gasteiger charge is -2.20. The summed E-state index contributed by atoms with van der Waals surface area (Å²) in [4.78, 5) is 39.7. The van der Waals surface area contributed by atoms with E-state index in [1.54, 1.807) is 12.1 Å². The first-order valence-corrected chi connectivity index (χ1v) is 17.1. The lowest BCUT2D eigenvalue weighted by Crippen LogP contribution is -2.30. The average molecular weight is 683 g/mol. The van der Waals surface area contributed by atoms with Crippen LogP contribution < -0.4 is 30.6 Å². The molecule has 0 aromatic heterocycles. The van der Waals surface area contributed by atoms with Crippen molar-refractivity contribution in [2.24, 2.45) is 0 Å². The molecule has 2 aromatic rings. The molecule has 2 heterocycles. The summed E-state index contributed by atoms with van der Waals surface area (Å²) in [6.45, 7) is 1.72. The number of rotatable bonds is 12. The second-order valence-electron chi connectivity index (χ2n) is 12.8. The Labute approximate surface area is 292 Å². The molecule has 5 rings (SSSR count). The Morgan fingerprint density at radius 2 is 1.68 bits per heavy atom. The number of nitrogens with zero attached hydrogens (tertiary/aromatic N) is 2. The lowest BCUT2D eigenvalue weighted by molar-refractivity contribution is -0.254. The lowest BCUT2D eigenvalue weighted by atomic mass is 9.89. The maximum Gasteiger partial charge on any atom is 0.407 e. The van der Waals surface area contributed by atoms with Crippen LogP contribution in [0.25, 0.3) is 33.4 Å². The normalized spacial score (nSPS) is 15.2. The molecule has 2 N–H and O–H groups in total. The molecule has 2 aromatic carbocycles. The standard InChI is InChI=1S/C39H46N4O7/c1-42(2)27-14-17-31-34(23-27)50-35-24-28(43(3)4)15-18-32(35)36(31)30-16-13-26(22-33(30)38(45)46)37(44)40-19-9-7-10-20-41-39(47)49-25-29-12-8-5-6-11-21-48-29/h5-6,13-18,22-24,29H,7-12,19-21,25H2,1-4H3,(H2-,40,41,44,45,46,47)/b6-5+/t29-/m0/s1. The molecule has 0 fully saturated rings. The summed E-state index contributed by atoms with van der Waals surface area (Å²) in [6.07, 6.45) is 8.46. The van der Waals surface area contributed by atoms with Crippen molar-refractivity contribution in [2.45, 2.75) is 44.6 Å². The third-order valence-corrected chi connectivity index (χ3v) is 8.76. The van der Waals surface area contributed by atoms with E-state index in [0.717, 1.165) is 54.1 Å². The smallest absolute Gasteiger partial charge is 0.407 e. The second-order valence-corrected chi connectivity index (χ2v) is 12.8. The Kier molecular flexibility index (Phi) is 12.3. The Hall–Kier alpha value is -5.16. The van der Waals surface area contributed by atoms with Crippen LogP contribution in [0, 0.1) is 0 Å². The second kappa shape index (κ2) is 17.0. The third kappa shape index (κ3) is 9.09. The van der Waals surface area contributed by atoms with Crippen LogP contribution >= 0.6 is 0 Å². The Morgan fingerprint density at radius 3 is 2.44 bits per heavy atom. The van der Waals surface area contributed by atoms with Gasteiger partial charge in [-0.05, 0) is 74.4 Å². The quantitative estimate of drug-likeness (QED) is 0.0971. The van der Waals surface area contributed by atoms with E-state index in [1.165, 1.54) is 6.07 Å². The number of nitrogens with one attached hydrogen (secondary N) is 2. The fraction of sp³-hybridized carbons (Fsp3) is 0.385. The van der Waals surface area contributed by atoms with E-state index in [0.29, 0.717) is 48.6 Å². The molecule has 50 heavy (non-hydrogen) atoms. The number of anilines is 1. The first-order valence-electron chi connectivity index (χ1n) is 17.1. The van der Waals surface area contributed by atoms with Gasteiger partial charge < -0.3 is 39.3 Å². The number of carbonyl (C=O) groups excluding carboxylic acids is 3. The number of fused-ring (bicyclic) bond motifs is 2. The molecule has 0 unspecified atom stereocenters. The van der Waals surface area contributed by atoms with Gasteiger partial charge in [0.2, 0.25) is 5.36 Å². The zero-order chi connectivity index (χ0) is 35.6. The van der Waals surface area contributed by atoms with Gasteiger partial charge in [-0.3, -0.25) is 4.79 Å². The number of benzene rings is 3. The van der Waals surface area contributed by atoms with E-state index in [2.05, 4.69) is 22.8 Å². The Balaban J connectivity index is 1.22. The zero-order valence-corrected chi connectivity index (χ0v) is 29.3. The summed E-state index contributed by atoms with van der Waals surface area (Å²) in [5.74, 6) is -1.16. The van der Waals surface area contributed by atoms with Gasteiger partial charge in [0, 0.05) is 72.6 Å². The molecule has 11 nitrogen and oxygen atoms in total. The number of carbonyl (C=O) groups is 3. The van der Waals surface area contributed by atoms with Crippen molar-refractivity contribution >= 4 is 34.6 Å². The van der Waals surface area contributed by atoms with Crippen LogP contribution in [0.15, 0.2) is 71.2 Å². The molecule has 0 bridgehead atoms. The summed E-state index contributed by atoms with van der Waals surface area (Å²) >= 11 is 0. The van der Waals surface area contributed by atoms with Crippen LogP contribution in [0.4, 0.5) is 10.5 Å². The van der Waals surface area contributed by atoms with Gasteiger partial charge in [0.05, 0.1) is 24.7 Å². The molecule has 11 heteroatoms. The monoisotopic (exact) mass is 682 g/mol. The third-order valence-electron chi connectivity index (χ3n) is 8.76. The molecular weight excluding hydrogens is 636 g/mol. The molecule has 0 saturated carbocycles. The number of carboxylic acid groups (broad SMARTS) is 1. The maximum atomic E-state index is 13.1. The van der Waals surface area contributed by atoms with Crippen molar-refractivity contribution in [1.29, 1.82) is 0 Å². The topological polar surface area (TPSA) is 136 Å². The number of carboxylic acids is 1. The van der Waals surface area contributed by atoms with Crippen molar-refractivity contribution in [1.82, 2.24) is 15.2 Å². The molecule has 3 aliphatic rings. The highest BCUT2D eigenvalue weighted by Crippen LogP contribution is 2.42. The van der Waals surface area contributed by atoms with Gasteiger partial charge >= 0.3 is 6.09 Å². The van der Waals surface area contributed by atoms with Crippen molar-refractivity contribution in [3.63, 3.8) is 0 Å². The fourth-order valence-corrected chi connectivity index (χ4v) is 5.96.